The van der Waals surface area contributed by atoms with E-state index in [1.54, 1.807) is 16.9 Å². The Morgan fingerprint density at radius 1 is 1.22 bits per heavy atom. The summed E-state index contributed by atoms with van der Waals surface area (Å²) in [6, 6.07) is 8.04. The van der Waals surface area contributed by atoms with E-state index in [2.05, 4.69) is 37.1 Å². The lowest BCUT2D eigenvalue weighted by Crippen LogP contribution is -2.11. The van der Waals surface area contributed by atoms with Gasteiger partial charge in [-0.2, -0.15) is 5.10 Å². The van der Waals surface area contributed by atoms with Crippen LogP contribution in [0.4, 0.5) is 0 Å². The second-order valence-electron chi connectivity index (χ2n) is 4.63. The molecule has 3 heteroatoms. The number of aromatic nitrogens is 2. The lowest BCUT2D eigenvalue weighted by molar-refractivity contribution is 0.0983. The van der Waals surface area contributed by atoms with Crippen LogP contribution in [0, 0.1) is 13.8 Å². The first-order valence-electron chi connectivity index (χ1n) is 6.22. The van der Waals surface area contributed by atoms with Gasteiger partial charge in [-0.3, -0.25) is 9.48 Å². The molecule has 0 aliphatic carbocycles. The van der Waals surface area contributed by atoms with Gasteiger partial charge < -0.3 is 0 Å². The number of carbonyl (C=O) groups excluding carboxylic acids is 1. The zero-order valence-corrected chi connectivity index (χ0v) is 11.1. The number of nitrogens with zero attached hydrogens (tertiary/aromatic N) is 2. The standard InChI is InChI=1S/C15H18N2O/c1-4-17-14(5-6-16-17)15(18)10-13-8-11(2)7-12(3)9-13/h5-9H,4,10H2,1-3H3. The quantitative estimate of drug-likeness (QED) is 0.773. The topological polar surface area (TPSA) is 34.9 Å². The number of hydrogen-bond donors (Lipinski definition) is 0. The Bertz CT molecular complexity index is 549. The van der Waals surface area contributed by atoms with Gasteiger partial charge >= 0.3 is 0 Å². The average Bonchev–Trinajstić information content (AvgIpc) is 2.75. The summed E-state index contributed by atoms with van der Waals surface area (Å²) in [5, 5.41) is 4.13. The Labute approximate surface area is 107 Å². The van der Waals surface area contributed by atoms with E-state index in [9.17, 15) is 4.79 Å². The van der Waals surface area contributed by atoms with E-state index >= 15 is 0 Å². The van der Waals surface area contributed by atoms with Crippen molar-refractivity contribution in [2.45, 2.75) is 33.7 Å². The summed E-state index contributed by atoms with van der Waals surface area (Å²) in [6.07, 6.45) is 2.12. The largest absolute Gasteiger partial charge is 0.292 e. The molecule has 0 N–H and O–H groups in total. The van der Waals surface area contributed by atoms with Gasteiger partial charge in [0.25, 0.3) is 0 Å². The SMILES string of the molecule is CCn1nccc1C(=O)Cc1cc(C)cc(C)c1. The Kier molecular flexibility index (Phi) is 3.60. The van der Waals surface area contributed by atoms with Crippen LogP contribution in [-0.2, 0) is 13.0 Å². The van der Waals surface area contributed by atoms with Crippen molar-refractivity contribution in [2.75, 3.05) is 0 Å². The van der Waals surface area contributed by atoms with Crippen LogP contribution in [0.25, 0.3) is 0 Å². The van der Waals surface area contributed by atoms with Crippen molar-refractivity contribution in [3.8, 4) is 0 Å². The number of hydrogen-bond acceptors (Lipinski definition) is 2. The summed E-state index contributed by atoms with van der Waals surface area (Å²) in [5.41, 5.74) is 4.15. The fourth-order valence-electron chi connectivity index (χ4n) is 2.27. The molecule has 0 unspecified atom stereocenters. The van der Waals surface area contributed by atoms with Gasteiger partial charge in [-0.15, -0.1) is 0 Å². The number of ketones is 1. The highest BCUT2D eigenvalue weighted by Gasteiger charge is 2.12. The number of benzene rings is 1. The fraction of sp³-hybridized carbons (Fsp3) is 0.333. The molecule has 0 amide bonds. The highest BCUT2D eigenvalue weighted by atomic mass is 16.1. The third kappa shape index (κ3) is 2.67. The molecule has 2 rings (SSSR count). The van der Waals surface area contributed by atoms with Crippen molar-refractivity contribution in [1.82, 2.24) is 9.78 Å². The van der Waals surface area contributed by atoms with E-state index < -0.39 is 0 Å². The first-order chi connectivity index (χ1) is 8.60. The van der Waals surface area contributed by atoms with Gasteiger partial charge in [0.05, 0.1) is 0 Å². The maximum Gasteiger partial charge on any atom is 0.185 e. The van der Waals surface area contributed by atoms with Crippen LogP contribution in [0.15, 0.2) is 30.5 Å². The van der Waals surface area contributed by atoms with Gasteiger partial charge in [-0.05, 0) is 32.4 Å². The molecule has 0 radical (unpaired) electrons. The van der Waals surface area contributed by atoms with Crippen LogP contribution in [0.2, 0.25) is 0 Å². The predicted octanol–water partition coefficient (Wildman–Crippen LogP) is 2.95. The molecule has 0 atom stereocenters. The maximum atomic E-state index is 12.2. The van der Waals surface area contributed by atoms with E-state index in [4.69, 9.17) is 0 Å². The number of Topliss-reactive ketones (excluding diaryl/α,β-unsaturated/α-hetero) is 1. The van der Waals surface area contributed by atoms with Gasteiger partial charge in [-0.1, -0.05) is 29.3 Å². The summed E-state index contributed by atoms with van der Waals surface area (Å²) < 4.78 is 1.74. The number of carbonyl (C=O) groups is 1. The normalized spacial score (nSPS) is 10.6. The van der Waals surface area contributed by atoms with Crippen molar-refractivity contribution in [1.29, 1.82) is 0 Å². The van der Waals surface area contributed by atoms with Gasteiger partial charge in [0.2, 0.25) is 0 Å². The van der Waals surface area contributed by atoms with Crippen LogP contribution in [0.1, 0.15) is 34.1 Å². The fourth-order valence-corrected chi connectivity index (χ4v) is 2.27. The van der Waals surface area contributed by atoms with E-state index in [0.29, 0.717) is 12.1 Å². The van der Waals surface area contributed by atoms with Gasteiger partial charge in [0.1, 0.15) is 5.69 Å². The van der Waals surface area contributed by atoms with Crippen LogP contribution in [0.3, 0.4) is 0 Å². The molecule has 0 aliphatic heterocycles. The molecule has 1 aromatic heterocycles. The lowest BCUT2D eigenvalue weighted by atomic mass is 10.0. The number of aryl methyl sites for hydroxylation is 3. The summed E-state index contributed by atoms with van der Waals surface area (Å²) >= 11 is 0. The van der Waals surface area contributed by atoms with Crippen LogP contribution >= 0.6 is 0 Å². The molecule has 2 aromatic rings. The van der Waals surface area contributed by atoms with E-state index in [-0.39, 0.29) is 5.78 Å². The van der Waals surface area contributed by atoms with Crippen molar-refractivity contribution >= 4 is 5.78 Å². The maximum absolute atomic E-state index is 12.2. The molecule has 0 spiro atoms. The summed E-state index contributed by atoms with van der Waals surface area (Å²) in [5.74, 6) is 0.124. The zero-order chi connectivity index (χ0) is 13.1. The molecule has 3 nitrogen and oxygen atoms in total. The first kappa shape index (κ1) is 12.6. The van der Waals surface area contributed by atoms with Crippen molar-refractivity contribution in [2.24, 2.45) is 0 Å². The Morgan fingerprint density at radius 2 is 1.89 bits per heavy atom. The molecule has 1 heterocycles. The molecule has 0 saturated heterocycles. The Morgan fingerprint density at radius 3 is 2.50 bits per heavy atom. The lowest BCUT2D eigenvalue weighted by Gasteiger charge is -2.06. The highest BCUT2D eigenvalue weighted by molar-refractivity contribution is 5.96. The van der Waals surface area contributed by atoms with E-state index in [0.717, 1.165) is 12.1 Å². The second-order valence-corrected chi connectivity index (χ2v) is 4.63. The third-order valence-corrected chi connectivity index (χ3v) is 2.95. The molecular weight excluding hydrogens is 224 g/mol. The molecule has 0 saturated carbocycles. The summed E-state index contributed by atoms with van der Waals surface area (Å²) in [4.78, 5) is 12.2. The minimum atomic E-state index is 0.124. The smallest absolute Gasteiger partial charge is 0.185 e. The molecule has 0 aliphatic rings. The van der Waals surface area contributed by atoms with Crippen LogP contribution < -0.4 is 0 Å². The minimum Gasteiger partial charge on any atom is -0.292 e. The molecule has 1 aromatic carbocycles. The average molecular weight is 242 g/mol. The predicted molar refractivity (Wildman–Crippen MR) is 71.9 cm³/mol. The third-order valence-electron chi connectivity index (χ3n) is 2.95. The van der Waals surface area contributed by atoms with Gasteiger partial charge in [0.15, 0.2) is 5.78 Å². The van der Waals surface area contributed by atoms with Crippen LogP contribution in [0.5, 0.6) is 0 Å². The molecule has 0 bridgehead atoms. The van der Waals surface area contributed by atoms with E-state index in [1.165, 1.54) is 11.1 Å². The minimum absolute atomic E-state index is 0.124. The Hall–Kier alpha value is -1.90. The van der Waals surface area contributed by atoms with Crippen molar-refractivity contribution < 1.29 is 4.79 Å². The van der Waals surface area contributed by atoms with Crippen molar-refractivity contribution in [3.05, 3.63) is 52.8 Å². The van der Waals surface area contributed by atoms with E-state index in [1.807, 2.05) is 6.92 Å². The Balaban J connectivity index is 2.21. The van der Waals surface area contributed by atoms with Crippen molar-refractivity contribution in [3.63, 3.8) is 0 Å². The second kappa shape index (κ2) is 5.17. The molecule has 0 fully saturated rings. The van der Waals surface area contributed by atoms with Gasteiger partial charge in [0, 0.05) is 19.2 Å². The number of rotatable bonds is 4. The highest BCUT2D eigenvalue weighted by Crippen LogP contribution is 2.12. The summed E-state index contributed by atoms with van der Waals surface area (Å²) in [7, 11) is 0. The first-order valence-corrected chi connectivity index (χ1v) is 6.22. The zero-order valence-electron chi connectivity index (χ0n) is 11.1. The molecule has 18 heavy (non-hydrogen) atoms. The monoisotopic (exact) mass is 242 g/mol. The van der Waals surface area contributed by atoms with Gasteiger partial charge in [-0.25, -0.2) is 0 Å². The summed E-state index contributed by atoms with van der Waals surface area (Å²) in [6.45, 7) is 6.82. The van der Waals surface area contributed by atoms with Crippen LogP contribution in [-0.4, -0.2) is 15.6 Å². The molecular formula is C15H18N2O. The molecule has 94 valence electrons.